The molecule has 15 rings (SSSR count). The number of hydrogen-bond acceptors (Lipinski definition) is 24. The zero-order valence-electron chi connectivity index (χ0n) is 49.5. The van der Waals surface area contributed by atoms with E-state index in [1.54, 1.807) is 0 Å². The first kappa shape index (κ1) is 64.2. The third kappa shape index (κ3) is 11.9. The molecule has 0 radical (unpaired) electrons. The minimum absolute atomic E-state index is 0.0350. The van der Waals surface area contributed by atoms with Crippen LogP contribution in [0.2, 0.25) is 10.0 Å². The highest BCUT2D eigenvalue weighted by atomic mass is 35.5. The van der Waals surface area contributed by atoms with Gasteiger partial charge in [-0.15, -0.1) is 0 Å². The molecule has 7 aromatic rings. The third-order valence-electron chi connectivity index (χ3n) is 16.9. The number of halogens is 2. The average Bonchev–Trinajstić information content (AvgIpc) is 1.41. The molecular weight excluding hydrogens is 1300 g/mol. The van der Waals surface area contributed by atoms with Gasteiger partial charge < -0.3 is 111 Å². The molecule has 0 spiro atoms. The predicted molar refractivity (Wildman–Crippen MR) is 330 cm³/mol. The van der Waals surface area contributed by atoms with Crippen molar-refractivity contribution in [1.29, 1.82) is 0 Å². The minimum Gasteiger partial charge on any atom is -0.508 e. The molecule has 1 saturated heterocycles. The Morgan fingerprint density at radius 2 is 1.24 bits per heavy atom. The van der Waals surface area contributed by atoms with Crippen LogP contribution in [0.25, 0.3) is 11.1 Å². The molecule has 8 unspecified atom stereocenters. The van der Waals surface area contributed by atoms with E-state index in [0.717, 1.165) is 48.5 Å². The summed E-state index contributed by atoms with van der Waals surface area (Å²) in [6.07, 6.45) is -13.6. The van der Waals surface area contributed by atoms with Crippen molar-refractivity contribution in [3.63, 3.8) is 0 Å². The quantitative estimate of drug-likeness (QED) is 0.113. The highest BCUT2D eigenvalue weighted by molar-refractivity contribution is 6.46. The summed E-state index contributed by atoms with van der Waals surface area (Å²) >= 11 is 13.8. The summed E-state index contributed by atoms with van der Waals surface area (Å²) in [6, 6.07) is 12.4. The zero-order valence-corrected chi connectivity index (χ0v) is 51.0. The lowest BCUT2D eigenvalue weighted by Gasteiger charge is -2.39. The molecule has 0 aromatic heterocycles. The van der Waals surface area contributed by atoms with Gasteiger partial charge in [-0.2, -0.15) is 0 Å². The first-order chi connectivity index (χ1) is 45.9. The maximum Gasteiger partial charge on any atom is 0.359 e. The van der Waals surface area contributed by atoms with Gasteiger partial charge in [-0.1, -0.05) is 53.5 Å². The van der Waals surface area contributed by atoms with Crippen molar-refractivity contribution in [2.24, 2.45) is 4.99 Å². The number of hydrogen-bond donors (Lipinski definition) is 16. The molecule has 8 aliphatic rings. The van der Waals surface area contributed by atoms with Crippen LogP contribution in [-0.4, -0.2) is 155 Å². The number of esters is 1. The molecule has 496 valence electrons. The number of aliphatic imine (C=N–C) groups is 1. The summed E-state index contributed by atoms with van der Waals surface area (Å²) in [7, 11) is 1.46. The summed E-state index contributed by atoms with van der Waals surface area (Å²) in [5.41, 5.74) is -2.08. The normalized spacial score (nSPS) is 26.1. The SMILES string of the molecule is CNC1C(=O)NC2Cc3ccc(cc3)Oc3cc4cc(c3O)Oc3ccc(cc3Cl)C(O)C3NC(=O)C(NC(=O)C4NC(=O)C(NC2=O)c2cc(cc(O)c2Cl)Oc2cc1ccc2O)c1ccc(O)c(c1)-c1c(O[C@H]2O[C@H](CO)[C@@H](O)[C@H](O)[C@@H]2O)cc(O)cc1C1=NC3OC1=O. The molecule has 16 N–H and O–H groups in total. The van der Waals surface area contributed by atoms with E-state index in [1.165, 1.54) is 73.8 Å². The van der Waals surface area contributed by atoms with Crippen molar-refractivity contribution in [2.45, 2.75) is 85.7 Å². The minimum atomic E-state index is -2.19. The van der Waals surface area contributed by atoms with E-state index in [4.69, 9.17) is 51.6 Å². The highest BCUT2D eigenvalue weighted by Crippen LogP contribution is 2.49. The Labute approximate surface area is 551 Å². The summed E-state index contributed by atoms with van der Waals surface area (Å²) in [6.45, 7) is -0.898. The fraction of sp³-hybridized carbons (Fsp3) is 0.246. The lowest BCUT2D eigenvalue weighted by Crippen LogP contribution is -2.60. The second-order valence-corrected chi connectivity index (χ2v) is 23.9. The lowest BCUT2D eigenvalue weighted by atomic mass is 9.91. The number of aliphatic hydroxyl groups is 5. The van der Waals surface area contributed by atoms with Crippen LogP contribution >= 0.6 is 23.2 Å². The molecule has 5 amide bonds. The standard InChI is InChI=1S/C65H55Cl2N7O22/c1-68-47-25-5-10-37(78)40(15-25)92-30-20-33(46(67)38(79)21-30)50-62(89)71-49-27-16-42(91-29-7-2-23(3-8-29)12-35(58(85)72-50)69-59(47)86)54(81)43(17-27)93-39-11-6-26(14-34(39)66)53(80)52-63-74-51(64(90)96-63)32-18-28(76)19-41(94-65-57(84)56(83)55(82)44(22-75)95-65)45(32)31-13-24(4-9-36(31)77)48(60(87)73-52)70-61(49)88/h2-11,13-21,35,44,47-50,52-53,55-57,63,65,68,75-84H,12,22H2,1H3,(H,69,86)(H,70,88)(H,71,89)(H,72,85)(H,73,87)/t35?,44-,47?,48?,49?,50?,52?,53?,55-,56+,57+,63?,65+/m1/s1. The first-order valence-corrected chi connectivity index (χ1v) is 30.2. The van der Waals surface area contributed by atoms with Crippen molar-refractivity contribution in [3.05, 3.63) is 164 Å². The molecule has 8 heterocycles. The number of aromatic hydroxyl groups is 5. The van der Waals surface area contributed by atoms with Gasteiger partial charge in [0.25, 0.3) is 0 Å². The van der Waals surface area contributed by atoms with Crippen LogP contribution in [0.1, 0.15) is 69.2 Å². The lowest BCUT2D eigenvalue weighted by molar-refractivity contribution is -0.277. The van der Waals surface area contributed by atoms with Crippen molar-refractivity contribution < 1.29 is 108 Å². The molecule has 8 aliphatic heterocycles. The van der Waals surface area contributed by atoms with Gasteiger partial charge >= 0.3 is 5.97 Å². The van der Waals surface area contributed by atoms with Gasteiger partial charge in [-0.25, -0.2) is 9.79 Å². The Hall–Kier alpha value is -10.5. The fourth-order valence-electron chi connectivity index (χ4n) is 12.0. The third-order valence-corrected chi connectivity index (χ3v) is 17.6. The number of nitrogens with zero attached hydrogens (tertiary/aromatic N) is 1. The van der Waals surface area contributed by atoms with E-state index in [2.05, 4.69) is 36.9 Å². The molecule has 19 bridgehead atoms. The number of phenols is 5. The second kappa shape index (κ2) is 25.4. The number of likely N-dealkylation sites (N-methyl/N-ethyl adjacent to an activating group) is 1. The van der Waals surface area contributed by atoms with Gasteiger partial charge in [-0.05, 0) is 108 Å². The number of phenolic OH excluding ortho intramolecular Hbond substituents is 5. The number of aliphatic hydroxyl groups excluding tert-OH is 5. The molecular formula is C65H55Cl2N7O22. The van der Waals surface area contributed by atoms with E-state index in [1.807, 2.05) is 0 Å². The van der Waals surface area contributed by atoms with Gasteiger partial charge in [0.2, 0.25) is 47.8 Å². The van der Waals surface area contributed by atoms with E-state index in [0.29, 0.717) is 5.56 Å². The second-order valence-electron chi connectivity index (χ2n) is 23.1. The molecule has 13 atom stereocenters. The topological polar surface area (TPSA) is 445 Å². The number of carbonyl (C=O) groups is 6. The molecule has 0 saturated carbocycles. The van der Waals surface area contributed by atoms with Gasteiger partial charge in [0.1, 0.15) is 107 Å². The summed E-state index contributed by atoms with van der Waals surface area (Å²) in [4.78, 5) is 95.9. The highest BCUT2D eigenvalue weighted by Gasteiger charge is 2.47. The number of fused-ring (bicyclic) bond motifs is 16. The Bertz CT molecular complexity index is 4420. The van der Waals surface area contributed by atoms with Crippen LogP contribution in [0, 0.1) is 0 Å². The van der Waals surface area contributed by atoms with E-state index < -0.39 is 184 Å². The molecule has 29 nitrogen and oxygen atoms in total. The monoisotopic (exact) mass is 1360 g/mol. The predicted octanol–water partition coefficient (Wildman–Crippen LogP) is 3.15. The Morgan fingerprint density at radius 1 is 0.583 bits per heavy atom. The molecule has 1 fully saturated rings. The summed E-state index contributed by atoms with van der Waals surface area (Å²) in [5.74, 6) is -12.3. The number of rotatable bonds is 4. The smallest absolute Gasteiger partial charge is 0.359 e. The van der Waals surface area contributed by atoms with Crippen LogP contribution in [-0.2, 0) is 44.7 Å². The number of carbonyl (C=O) groups excluding carboxylic acids is 6. The average molecular weight is 1360 g/mol. The summed E-state index contributed by atoms with van der Waals surface area (Å²) < 4.78 is 36.2. The number of nitrogens with one attached hydrogen (secondary N) is 6. The number of amides is 5. The number of ether oxygens (including phenoxy) is 6. The van der Waals surface area contributed by atoms with E-state index in [9.17, 15) is 60.7 Å². The maximum absolute atomic E-state index is 16.0. The Balaban J connectivity index is 1.02. The first-order valence-electron chi connectivity index (χ1n) is 29.4. The van der Waals surface area contributed by atoms with Gasteiger partial charge in [0.15, 0.2) is 28.7 Å². The maximum atomic E-state index is 16.0. The van der Waals surface area contributed by atoms with Crippen LogP contribution in [0.3, 0.4) is 0 Å². The van der Waals surface area contributed by atoms with Gasteiger partial charge in [0.05, 0.1) is 16.7 Å². The fourth-order valence-corrected chi connectivity index (χ4v) is 12.5. The van der Waals surface area contributed by atoms with Crippen LogP contribution in [0.4, 0.5) is 0 Å². The molecule has 0 aliphatic carbocycles. The van der Waals surface area contributed by atoms with Crippen molar-refractivity contribution in [1.82, 2.24) is 31.9 Å². The van der Waals surface area contributed by atoms with Crippen LogP contribution < -0.4 is 50.8 Å². The summed E-state index contributed by atoms with van der Waals surface area (Å²) in [5, 5.41) is 129. The van der Waals surface area contributed by atoms with Crippen molar-refractivity contribution >= 4 is 64.4 Å². The van der Waals surface area contributed by atoms with E-state index >= 15 is 19.2 Å². The van der Waals surface area contributed by atoms with Gasteiger partial charge in [0, 0.05) is 40.8 Å². The largest absolute Gasteiger partial charge is 0.508 e. The van der Waals surface area contributed by atoms with Crippen molar-refractivity contribution in [2.75, 3.05) is 13.7 Å². The Morgan fingerprint density at radius 3 is 1.97 bits per heavy atom. The molecule has 96 heavy (non-hydrogen) atoms. The zero-order chi connectivity index (χ0) is 67.9. The molecule has 31 heteroatoms. The van der Waals surface area contributed by atoms with Gasteiger partial charge in [-0.3, -0.25) is 24.0 Å². The van der Waals surface area contributed by atoms with Crippen LogP contribution in [0.15, 0.2) is 120 Å². The Kier molecular flexibility index (Phi) is 17.0. The number of benzene rings is 7. The van der Waals surface area contributed by atoms with Crippen molar-refractivity contribution in [3.8, 4) is 80.1 Å². The molecule has 7 aromatic carbocycles. The van der Waals surface area contributed by atoms with E-state index in [-0.39, 0.29) is 73.4 Å². The van der Waals surface area contributed by atoms with Crippen LogP contribution in [0.5, 0.6) is 69.0 Å².